The van der Waals surface area contributed by atoms with E-state index in [4.69, 9.17) is 23.2 Å². The summed E-state index contributed by atoms with van der Waals surface area (Å²) in [5.74, 6) is -2.87. The maximum atomic E-state index is 14.6. The Labute approximate surface area is 393 Å². The van der Waals surface area contributed by atoms with Crippen LogP contribution < -0.4 is 26.2 Å². The summed E-state index contributed by atoms with van der Waals surface area (Å²) in [5, 5.41) is 31.1. The number of amides is 4. The standard InChI is InChI=1S/C50H64Cl2N6O7/c1-34(2)29-42(46(62)63)53-44(60)41(30-35-17-21-39(22-18-35)57(27-25-51)28-26-52)54-47(64)49(3,4)56-48(65)50(5,6)55-45(61)43(31-36-19-23-40(59)24-20-36)58(32-37-13-9-7-10-14-37)33-38-15-11-8-12-16-38/h7-24,34,41-43,59H,25-33H2,1-6H3,(H,53,60)(H,54,64)(H,55,61)(H,56,65)(H,62,63). The van der Waals surface area contributed by atoms with Gasteiger partial charge in [0, 0.05) is 50.0 Å². The van der Waals surface area contributed by atoms with E-state index in [0.29, 0.717) is 43.5 Å². The number of nitrogens with one attached hydrogen (secondary N) is 4. The smallest absolute Gasteiger partial charge is 0.326 e. The zero-order valence-electron chi connectivity index (χ0n) is 38.2. The average Bonchev–Trinajstić information content (AvgIpc) is 3.25. The molecule has 3 unspecified atom stereocenters. The fourth-order valence-electron chi connectivity index (χ4n) is 7.27. The van der Waals surface area contributed by atoms with Crippen LogP contribution in [0.1, 0.15) is 70.2 Å². The number of aliphatic carboxylic acids is 1. The van der Waals surface area contributed by atoms with Crippen molar-refractivity contribution >= 4 is 58.5 Å². The number of aromatic hydroxyl groups is 1. The summed E-state index contributed by atoms with van der Waals surface area (Å²) in [4.78, 5) is 73.1. The van der Waals surface area contributed by atoms with Crippen molar-refractivity contribution in [1.29, 1.82) is 0 Å². The number of hydrogen-bond donors (Lipinski definition) is 6. The maximum absolute atomic E-state index is 14.6. The molecule has 65 heavy (non-hydrogen) atoms. The zero-order valence-corrected chi connectivity index (χ0v) is 39.7. The van der Waals surface area contributed by atoms with Gasteiger partial charge >= 0.3 is 5.97 Å². The van der Waals surface area contributed by atoms with Gasteiger partial charge in [0.25, 0.3) is 0 Å². The molecule has 4 aromatic rings. The number of carboxylic acid groups (broad SMARTS) is 1. The molecule has 4 rings (SSSR count). The summed E-state index contributed by atoms with van der Waals surface area (Å²) in [6.45, 7) is 11.7. The fraction of sp³-hybridized carbons (Fsp3) is 0.420. The number of anilines is 1. The van der Waals surface area contributed by atoms with Gasteiger partial charge in [0.1, 0.15) is 28.9 Å². The Kier molecular flexibility index (Phi) is 19.7. The number of hydrogen-bond acceptors (Lipinski definition) is 8. The van der Waals surface area contributed by atoms with E-state index in [1.165, 1.54) is 13.8 Å². The van der Waals surface area contributed by atoms with Gasteiger partial charge in [-0.1, -0.05) is 98.8 Å². The van der Waals surface area contributed by atoms with Crippen LogP contribution in [0.25, 0.3) is 0 Å². The lowest BCUT2D eigenvalue weighted by Gasteiger charge is -2.36. The highest BCUT2D eigenvalue weighted by molar-refractivity contribution is 6.18. The molecule has 0 saturated carbocycles. The highest BCUT2D eigenvalue weighted by Gasteiger charge is 2.40. The first-order valence-corrected chi connectivity index (χ1v) is 22.9. The van der Waals surface area contributed by atoms with Gasteiger partial charge in [0.05, 0.1) is 6.04 Å². The minimum Gasteiger partial charge on any atom is -0.508 e. The molecule has 0 aliphatic rings. The summed E-state index contributed by atoms with van der Waals surface area (Å²) in [6.07, 6.45) is 0.428. The molecular weight excluding hydrogens is 867 g/mol. The molecule has 350 valence electrons. The summed E-state index contributed by atoms with van der Waals surface area (Å²) < 4.78 is 0. The van der Waals surface area contributed by atoms with Gasteiger partial charge in [-0.2, -0.15) is 0 Å². The molecule has 0 aromatic heterocycles. The molecule has 3 atom stereocenters. The predicted octanol–water partition coefficient (Wildman–Crippen LogP) is 6.42. The predicted molar refractivity (Wildman–Crippen MR) is 257 cm³/mol. The summed E-state index contributed by atoms with van der Waals surface area (Å²) >= 11 is 12.0. The SMILES string of the molecule is CC(C)CC(NC(=O)C(Cc1ccc(N(CCCl)CCCl)cc1)NC(=O)C(C)(C)NC(=O)C(C)(C)NC(=O)C(Cc1ccc(O)cc1)N(Cc1ccccc1)Cc1ccccc1)C(=O)O. The lowest BCUT2D eigenvalue weighted by Crippen LogP contribution is -2.65. The first-order chi connectivity index (χ1) is 30.8. The number of phenols is 1. The van der Waals surface area contributed by atoms with Crippen molar-refractivity contribution in [3.8, 4) is 5.75 Å². The number of halogens is 2. The van der Waals surface area contributed by atoms with E-state index < -0.39 is 58.8 Å². The lowest BCUT2D eigenvalue weighted by atomic mass is 9.96. The van der Waals surface area contributed by atoms with Crippen LogP contribution in [0.2, 0.25) is 0 Å². The molecule has 0 aliphatic carbocycles. The number of rotatable bonds is 25. The second-order valence-corrected chi connectivity index (χ2v) is 18.5. The van der Waals surface area contributed by atoms with Gasteiger partial charge in [-0.05, 0) is 93.0 Å². The van der Waals surface area contributed by atoms with E-state index in [-0.39, 0.29) is 30.9 Å². The fourth-order valence-corrected chi connectivity index (χ4v) is 7.67. The van der Waals surface area contributed by atoms with Gasteiger partial charge in [0.2, 0.25) is 23.6 Å². The van der Waals surface area contributed by atoms with E-state index in [1.54, 1.807) is 38.1 Å². The minimum absolute atomic E-state index is 0.00728. The van der Waals surface area contributed by atoms with Crippen LogP contribution in [-0.2, 0) is 49.9 Å². The number of nitrogens with zero attached hydrogens (tertiary/aromatic N) is 2. The van der Waals surface area contributed by atoms with Gasteiger partial charge in [-0.15, -0.1) is 23.2 Å². The Morgan fingerprint density at radius 1 is 0.600 bits per heavy atom. The van der Waals surface area contributed by atoms with Crippen LogP contribution in [0.4, 0.5) is 5.69 Å². The van der Waals surface area contributed by atoms with Gasteiger partial charge in [-0.25, -0.2) is 4.79 Å². The van der Waals surface area contributed by atoms with Crippen molar-refractivity contribution in [3.63, 3.8) is 0 Å². The van der Waals surface area contributed by atoms with Crippen LogP contribution in [-0.4, -0.2) is 98.8 Å². The Hall–Kier alpha value is -5.63. The highest BCUT2D eigenvalue weighted by Crippen LogP contribution is 2.22. The minimum atomic E-state index is -1.62. The molecule has 0 bridgehead atoms. The third kappa shape index (κ3) is 16.4. The van der Waals surface area contributed by atoms with Crippen molar-refractivity contribution in [2.45, 2.75) is 103 Å². The maximum Gasteiger partial charge on any atom is 0.326 e. The Morgan fingerprint density at radius 3 is 1.58 bits per heavy atom. The molecule has 0 fully saturated rings. The Bertz CT molecular complexity index is 2110. The number of carbonyl (C=O) groups excluding carboxylic acids is 4. The van der Waals surface area contributed by atoms with Gasteiger partial charge in [0.15, 0.2) is 0 Å². The lowest BCUT2D eigenvalue weighted by molar-refractivity contribution is -0.143. The number of carboxylic acids is 1. The third-order valence-electron chi connectivity index (χ3n) is 11.0. The van der Waals surface area contributed by atoms with Crippen molar-refractivity contribution in [2.75, 3.05) is 29.7 Å². The largest absolute Gasteiger partial charge is 0.508 e. The van der Waals surface area contributed by atoms with Crippen LogP contribution in [0.3, 0.4) is 0 Å². The molecule has 15 heteroatoms. The Morgan fingerprint density at radius 2 is 1.09 bits per heavy atom. The van der Waals surface area contributed by atoms with Crippen molar-refractivity contribution in [2.24, 2.45) is 5.92 Å². The molecular formula is C50H64Cl2N6O7. The molecule has 0 saturated heterocycles. The number of alkyl halides is 2. The normalized spacial score (nSPS) is 13.1. The van der Waals surface area contributed by atoms with E-state index in [9.17, 15) is 34.2 Å². The molecule has 0 radical (unpaired) electrons. The van der Waals surface area contributed by atoms with Crippen molar-refractivity contribution in [1.82, 2.24) is 26.2 Å². The molecule has 13 nitrogen and oxygen atoms in total. The number of benzene rings is 4. The number of carbonyl (C=O) groups is 5. The van der Waals surface area contributed by atoms with Crippen molar-refractivity contribution < 1.29 is 34.2 Å². The monoisotopic (exact) mass is 930 g/mol. The molecule has 4 amide bonds. The summed E-state index contributed by atoms with van der Waals surface area (Å²) in [6, 6.07) is 30.3. The second-order valence-electron chi connectivity index (χ2n) is 17.7. The Balaban J connectivity index is 1.58. The van der Waals surface area contributed by atoms with Crippen molar-refractivity contribution in [3.05, 3.63) is 131 Å². The molecule has 0 heterocycles. The molecule has 4 aromatic carbocycles. The van der Waals surface area contributed by atoms with Crippen LogP contribution in [0, 0.1) is 5.92 Å². The zero-order chi connectivity index (χ0) is 47.7. The third-order valence-corrected chi connectivity index (χ3v) is 11.3. The van der Waals surface area contributed by atoms with Crippen LogP contribution in [0.15, 0.2) is 109 Å². The molecule has 6 N–H and O–H groups in total. The second kappa shape index (κ2) is 24.6. The van der Waals surface area contributed by atoms with Gasteiger partial charge in [-0.3, -0.25) is 24.1 Å². The first kappa shape index (κ1) is 52.0. The quantitative estimate of drug-likeness (QED) is 0.0409. The molecule has 0 spiro atoms. The molecule has 0 aliphatic heterocycles. The van der Waals surface area contributed by atoms with E-state index in [0.717, 1.165) is 22.4 Å². The van der Waals surface area contributed by atoms with Crippen LogP contribution >= 0.6 is 23.2 Å². The van der Waals surface area contributed by atoms with E-state index in [2.05, 4.69) is 21.3 Å². The first-order valence-electron chi connectivity index (χ1n) is 21.9. The highest BCUT2D eigenvalue weighted by atomic mass is 35.5. The summed E-state index contributed by atoms with van der Waals surface area (Å²) in [7, 11) is 0. The van der Waals surface area contributed by atoms with Crippen LogP contribution in [0.5, 0.6) is 5.75 Å². The van der Waals surface area contributed by atoms with E-state index in [1.807, 2.05) is 109 Å². The average molecular weight is 932 g/mol. The number of phenolic OH excluding ortho intramolecular Hbond substituents is 1. The van der Waals surface area contributed by atoms with E-state index >= 15 is 0 Å². The summed E-state index contributed by atoms with van der Waals surface area (Å²) in [5.41, 5.74) is 1.15. The van der Waals surface area contributed by atoms with Gasteiger partial charge < -0.3 is 36.4 Å². The topological polar surface area (TPSA) is 180 Å².